The number of nitrogens with one attached hydrogen (secondary N) is 1. The molecule has 2 amide bonds. The maximum atomic E-state index is 12.4. The number of hydrogen-bond donors (Lipinski definition) is 3. The fourth-order valence-electron chi connectivity index (χ4n) is 3.10. The Morgan fingerprint density at radius 1 is 1.33 bits per heavy atom. The first kappa shape index (κ1) is 16.4. The summed E-state index contributed by atoms with van der Waals surface area (Å²) in [5.41, 5.74) is 0.924. The normalized spacial score (nSPS) is 18.5. The minimum Gasteiger partial charge on any atom is -0.508 e. The Bertz CT molecular complexity index is 654. The molecule has 24 heavy (non-hydrogen) atoms. The number of carbonyl (C=O) groups excluding carboxylic acids is 1. The Balaban J connectivity index is 1.54. The van der Waals surface area contributed by atoms with Gasteiger partial charge in [0.2, 0.25) is 0 Å². The minimum atomic E-state index is -0.699. The standard InChI is InChI=1S/C18H22N2O4/c21-15-7-5-13(6-8-15)12-19-18(23)20-9-1-3-14(20)11-16(22)17-4-2-10-24-17/h2,4-8,10,14,16,21-22H,1,3,9,11-12H2,(H,19,23). The topological polar surface area (TPSA) is 85.9 Å². The van der Waals surface area contributed by atoms with E-state index in [1.54, 1.807) is 41.3 Å². The van der Waals surface area contributed by atoms with Crippen molar-refractivity contribution in [3.05, 3.63) is 54.0 Å². The van der Waals surface area contributed by atoms with Crippen LogP contribution in [-0.4, -0.2) is 33.7 Å². The van der Waals surface area contributed by atoms with E-state index in [2.05, 4.69) is 5.32 Å². The lowest BCUT2D eigenvalue weighted by Gasteiger charge is -2.26. The predicted molar refractivity (Wildman–Crippen MR) is 88.4 cm³/mol. The molecule has 128 valence electrons. The SMILES string of the molecule is O=C(NCc1ccc(O)cc1)N1CCCC1CC(O)c1ccco1. The highest BCUT2D eigenvalue weighted by molar-refractivity contribution is 5.74. The van der Waals surface area contributed by atoms with Crippen LogP contribution >= 0.6 is 0 Å². The summed E-state index contributed by atoms with van der Waals surface area (Å²) >= 11 is 0. The van der Waals surface area contributed by atoms with Gasteiger partial charge in [-0.3, -0.25) is 0 Å². The van der Waals surface area contributed by atoms with E-state index in [0.29, 0.717) is 25.3 Å². The first-order valence-corrected chi connectivity index (χ1v) is 8.17. The quantitative estimate of drug-likeness (QED) is 0.787. The third-order valence-corrected chi connectivity index (χ3v) is 4.39. The monoisotopic (exact) mass is 330 g/mol. The molecule has 1 fully saturated rings. The van der Waals surface area contributed by atoms with E-state index in [4.69, 9.17) is 4.42 Å². The van der Waals surface area contributed by atoms with Crippen molar-refractivity contribution in [3.63, 3.8) is 0 Å². The smallest absolute Gasteiger partial charge is 0.317 e. The Hall–Kier alpha value is -2.47. The molecule has 0 bridgehead atoms. The van der Waals surface area contributed by atoms with Gasteiger partial charge in [0.15, 0.2) is 0 Å². The highest BCUT2D eigenvalue weighted by Gasteiger charge is 2.31. The second-order valence-corrected chi connectivity index (χ2v) is 6.08. The van der Waals surface area contributed by atoms with E-state index >= 15 is 0 Å². The summed E-state index contributed by atoms with van der Waals surface area (Å²) in [4.78, 5) is 14.2. The van der Waals surface area contributed by atoms with Crippen molar-refractivity contribution < 1.29 is 19.4 Å². The highest BCUT2D eigenvalue weighted by atomic mass is 16.4. The number of aliphatic hydroxyl groups is 1. The van der Waals surface area contributed by atoms with E-state index in [1.807, 2.05) is 0 Å². The first-order chi connectivity index (χ1) is 11.6. The van der Waals surface area contributed by atoms with Crippen molar-refractivity contribution in [2.24, 2.45) is 0 Å². The molecule has 3 N–H and O–H groups in total. The molecule has 6 heteroatoms. The van der Waals surface area contributed by atoms with Crippen LogP contribution in [-0.2, 0) is 6.54 Å². The van der Waals surface area contributed by atoms with Crippen molar-refractivity contribution in [2.75, 3.05) is 6.54 Å². The molecular formula is C18H22N2O4. The Morgan fingerprint density at radius 2 is 2.12 bits per heavy atom. The van der Waals surface area contributed by atoms with Gasteiger partial charge in [-0.05, 0) is 42.7 Å². The molecule has 6 nitrogen and oxygen atoms in total. The lowest BCUT2D eigenvalue weighted by molar-refractivity contribution is 0.108. The number of rotatable bonds is 5. The van der Waals surface area contributed by atoms with Gasteiger partial charge in [0.25, 0.3) is 0 Å². The molecule has 3 rings (SSSR count). The number of hydrogen-bond acceptors (Lipinski definition) is 4. The summed E-state index contributed by atoms with van der Waals surface area (Å²) in [5.74, 6) is 0.739. The van der Waals surface area contributed by atoms with Crippen LogP contribution in [0.25, 0.3) is 0 Å². The number of aliphatic hydroxyl groups excluding tert-OH is 1. The van der Waals surface area contributed by atoms with Gasteiger partial charge in [0.05, 0.1) is 6.26 Å². The summed E-state index contributed by atoms with van der Waals surface area (Å²) in [5, 5.41) is 22.4. The number of phenols is 1. The molecule has 0 radical (unpaired) electrons. The average molecular weight is 330 g/mol. The molecule has 1 aromatic heterocycles. The number of phenolic OH excluding ortho intramolecular Hbond substituents is 1. The summed E-state index contributed by atoms with van der Waals surface area (Å²) in [6, 6.07) is 10.1. The van der Waals surface area contributed by atoms with Gasteiger partial charge in [-0.2, -0.15) is 0 Å². The fourth-order valence-corrected chi connectivity index (χ4v) is 3.10. The number of likely N-dealkylation sites (tertiary alicyclic amines) is 1. The Labute approximate surface area is 140 Å². The van der Waals surface area contributed by atoms with E-state index in [0.717, 1.165) is 18.4 Å². The van der Waals surface area contributed by atoms with Crippen molar-refractivity contribution >= 4 is 6.03 Å². The van der Waals surface area contributed by atoms with Gasteiger partial charge < -0.3 is 24.8 Å². The zero-order valence-corrected chi connectivity index (χ0v) is 13.4. The van der Waals surface area contributed by atoms with E-state index in [9.17, 15) is 15.0 Å². The molecule has 1 aromatic carbocycles. The van der Waals surface area contributed by atoms with Crippen LogP contribution in [0.15, 0.2) is 47.1 Å². The number of carbonyl (C=O) groups is 1. The van der Waals surface area contributed by atoms with Crippen LogP contribution in [0.5, 0.6) is 5.75 Å². The summed E-state index contributed by atoms with van der Waals surface area (Å²) in [6.45, 7) is 1.10. The summed E-state index contributed by atoms with van der Waals surface area (Å²) < 4.78 is 5.23. The first-order valence-electron chi connectivity index (χ1n) is 8.17. The average Bonchev–Trinajstić information content (AvgIpc) is 3.25. The van der Waals surface area contributed by atoms with Crippen LogP contribution in [0.1, 0.15) is 36.7 Å². The third kappa shape index (κ3) is 3.89. The second kappa shape index (κ2) is 7.40. The summed E-state index contributed by atoms with van der Waals surface area (Å²) in [7, 11) is 0. The zero-order chi connectivity index (χ0) is 16.9. The number of aromatic hydroxyl groups is 1. The van der Waals surface area contributed by atoms with Crippen LogP contribution in [0.2, 0.25) is 0 Å². The van der Waals surface area contributed by atoms with Crippen LogP contribution < -0.4 is 5.32 Å². The minimum absolute atomic E-state index is 0.00455. The van der Waals surface area contributed by atoms with E-state index < -0.39 is 6.10 Å². The van der Waals surface area contributed by atoms with Gasteiger partial charge in [-0.1, -0.05) is 12.1 Å². The molecule has 1 aliphatic rings. The predicted octanol–water partition coefficient (Wildman–Crippen LogP) is 2.78. The molecule has 2 unspecified atom stereocenters. The van der Waals surface area contributed by atoms with Gasteiger partial charge in [-0.25, -0.2) is 4.79 Å². The van der Waals surface area contributed by atoms with E-state index in [-0.39, 0.29) is 17.8 Å². The second-order valence-electron chi connectivity index (χ2n) is 6.08. The summed E-state index contributed by atoms with van der Waals surface area (Å²) in [6.07, 6.45) is 3.12. The highest BCUT2D eigenvalue weighted by Crippen LogP contribution is 2.27. The number of benzene rings is 1. The molecule has 2 atom stereocenters. The zero-order valence-electron chi connectivity index (χ0n) is 13.4. The fraction of sp³-hybridized carbons (Fsp3) is 0.389. The molecular weight excluding hydrogens is 308 g/mol. The number of urea groups is 1. The van der Waals surface area contributed by atoms with Gasteiger partial charge in [0.1, 0.15) is 17.6 Å². The molecule has 0 spiro atoms. The van der Waals surface area contributed by atoms with Crippen molar-refractivity contribution in [1.82, 2.24) is 10.2 Å². The molecule has 0 saturated carbocycles. The maximum Gasteiger partial charge on any atom is 0.317 e. The Morgan fingerprint density at radius 3 is 2.83 bits per heavy atom. The van der Waals surface area contributed by atoms with Crippen molar-refractivity contribution in [3.8, 4) is 5.75 Å². The van der Waals surface area contributed by atoms with Crippen LogP contribution in [0.3, 0.4) is 0 Å². The van der Waals surface area contributed by atoms with E-state index in [1.165, 1.54) is 6.26 Å². The van der Waals surface area contributed by atoms with Crippen molar-refractivity contribution in [2.45, 2.75) is 38.0 Å². The lowest BCUT2D eigenvalue weighted by Crippen LogP contribution is -2.43. The van der Waals surface area contributed by atoms with Gasteiger partial charge in [0, 0.05) is 25.6 Å². The van der Waals surface area contributed by atoms with Gasteiger partial charge in [-0.15, -0.1) is 0 Å². The van der Waals surface area contributed by atoms with Crippen LogP contribution in [0.4, 0.5) is 4.79 Å². The Kier molecular flexibility index (Phi) is 5.05. The largest absolute Gasteiger partial charge is 0.508 e. The number of furan rings is 1. The van der Waals surface area contributed by atoms with Crippen molar-refractivity contribution in [1.29, 1.82) is 0 Å². The molecule has 1 aliphatic heterocycles. The molecule has 2 heterocycles. The third-order valence-electron chi connectivity index (χ3n) is 4.39. The molecule has 2 aromatic rings. The number of amides is 2. The molecule has 1 saturated heterocycles. The van der Waals surface area contributed by atoms with Gasteiger partial charge >= 0.3 is 6.03 Å². The van der Waals surface area contributed by atoms with Crippen LogP contribution in [0, 0.1) is 0 Å². The lowest BCUT2D eigenvalue weighted by atomic mass is 10.1. The number of nitrogens with zero attached hydrogens (tertiary/aromatic N) is 1. The molecule has 0 aliphatic carbocycles. The maximum absolute atomic E-state index is 12.4.